The number of rotatable bonds is 0. The summed E-state index contributed by atoms with van der Waals surface area (Å²) in [5.74, 6) is 0. The van der Waals surface area contributed by atoms with Crippen molar-refractivity contribution in [2.75, 3.05) is 0 Å². The number of benzene rings is 1. The lowest BCUT2D eigenvalue weighted by Gasteiger charge is -2.00. The number of para-hydroxylation sites is 1. The van der Waals surface area contributed by atoms with Gasteiger partial charge >= 0.3 is 7.25 Å². The van der Waals surface area contributed by atoms with E-state index in [2.05, 4.69) is 33.7 Å². The summed E-state index contributed by atoms with van der Waals surface area (Å²) < 4.78 is 41.1. The van der Waals surface area contributed by atoms with Gasteiger partial charge in [-0.15, -0.1) is 0 Å². The molecule has 1 aromatic carbocycles. The molecule has 3 rings (SSSR count). The molecule has 0 aliphatic carbocycles. The normalized spacial score (nSPS) is 11.3. The largest absolute Gasteiger partial charge is 0.673 e. The van der Waals surface area contributed by atoms with Gasteiger partial charge in [0.05, 0.1) is 23.6 Å². The van der Waals surface area contributed by atoms with E-state index in [0.29, 0.717) is 0 Å². The van der Waals surface area contributed by atoms with Crippen LogP contribution in [0.1, 0.15) is 0 Å². The molecule has 0 aliphatic rings. The zero-order valence-corrected chi connectivity index (χ0v) is 9.10. The smallest absolute Gasteiger partial charge is 0.418 e. The summed E-state index contributed by atoms with van der Waals surface area (Å²) in [6.07, 6.45) is 3.71. The number of aromatic nitrogens is 2. The molecule has 0 fully saturated rings. The molecule has 2 aromatic heterocycles. The number of hydrogen-bond donors (Lipinski definition) is 0. The summed E-state index contributed by atoms with van der Waals surface area (Å²) in [4.78, 5) is 4.11. The van der Waals surface area contributed by atoms with Crippen molar-refractivity contribution < 1.29 is 17.3 Å². The summed E-state index contributed by atoms with van der Waals surface area (Å²) >= 11 is 0. The predicted molar refractivity (Wildman–Crippen MR) is 62.9 cm³/mol. The van der Waals surface area contributed by atoms with Crippen LogP contribution in [0.3, 0.4) is 0 Å². The lowest BCUT2D eigenvalue weighted by molar-refractivity contribution is 0.368. The average molecular weight is 255 g/mol. The maximum absolute atomic E-state index is 9.75. The maximum atomic E-state index is 9.75. The average Bonchev–Trinajstić information content (AvgIpc) is 2.75. The second-order valence-electron chi connectivity index (χ2n) is 3.58. The maximum Gasteiger partial charge on any atom is 0.673 e. The Balaban J connectivity index is 0.000000209. The van der Waals surface area contributed by atoms with Gasteiger partial charge in [0.25, 0.3) is 0 Å². The lowest BCUT2D eigenvalue weighted by Crippen LogP contribution is -2.02. The lowest BCUT2D eigenvalue weighted by atomic mass is 10.2. The molecule has 0 bridgehead atoms. The van der Waals surface area contributed by atoms with Crippen LogP contribution in [0.4, 0.5) is 17.3 Å². The van der Waals surface area contributed by atoms with Gasteiger partial charge in [-0.1, -0.05) is 24.3 Å². The highest BCUT2D eigenvalue weighted by Crippen LogP contribution is 2.15. The van der Waals surface area contributed by atoms with E-state index >= 15 is 0 Å². The molecule has 2 nitrogen and oxygen atoms in total. The van der Waals surface area contributed by atoms with E-state index in [1.54, 1.807) is 0 Å². The molecule has 0 radical (unpaired) electrons. The summed E-state index contributed by atoms with van der Waals surface area (Å²) in [5.41, 5.74) is 2.34. The highest BCUT2D eigenvalue weighted by atomic mass is 19.5. The fourth-order valence-corrected chi connectivity index (χ4v) is 1.65. The molecule has 2 heterocycles. The fourth-order valence-electron chi connectivity index (χ4n) is 1.65. The molecule has 7 heteroatoms. The zero-order valence-electron chi connectivity index (χ0n) is 9.10. The van der Waals surface area contributed by atoms with Crippen molar-refractivity contribution in [1.29, 1.82) is 0 Å². The van der Waals surface area contributed by atoms with Gasteiger partial charge in [0.15, 0.2) is 0 Å². The molecule has 0 aliphatic heterocycles. The predicted octanol–water partition coefficient (Wildman–Crippen LogP) is 3.79. The van der Waals surface area contributed by atoms with Crippen LogP contribution in [0.25, 0.3) is 16.4 Å². The first-order valence-corrected chi connectivity index (χ1v) is 5.12. The van der Waals surface area contributed by atoms with Crippen molar-refractivity contribution in [3.8, 4) is 0 Å². The van der Waals surface area contributed by atoms with Crippen molar-refractivity contribution in [2.45, 2.75) is 0 Å². The number of fused-ring (bicyclic) bond motifs is 3. The van der Waals surface area contributed by atoms with Crippen molar-refractivity contribution in [3.63, 3.8) is 0 Å². The van der Waals surface area contributed by atoms with Crippen LogP contribution in [0, 0.1) is 0 Å². The van der Waals surface area contributed by atoms with Gasteiger partial charge in [0.2, 0.25) is 0 Å². The standard InChI is InChI=1S/C11H8N2.BF4/c1-2-4-11-9(3-1)5-6-10-7-12-8-13(10)11;2-1(3,4)5/h1-8H;/q;-1. The molecule has 0 saturated heterocycles. The van der Waals surface area contributed by atoms with E-state index in [1.807, 2.05) is 24.7 Å². The van der Waals surface area contributed by atoms with Crippen LogP contribution in [0.15, 0.2) is 48.9 Å². The van der Waals surface area contributed by atoms with E-state index < -0.39 is 7.25 Å². The minimum Gasteiger partial charge on any atom is -0.418 e. The van der Waals surface area contributed by atoms with Crippen LogP contribution in [0.2, 0.25) is 0 Å². The third-order valence-electron chi connectivity index (χ3n) is 2.30. The second kappa shape index (κ2) is 4.68. The zero-order chi connectivity index (χ0) is 13.2. The van der Waals surface area contributed by atoms with Crippen LogP contribution < -0.4 is 0 Å². The van der Waals surface area contributed by atoms with Crippen molar-refractivity contribution >= 4 is 23.7 Å². The highest BCUT2D eigenvalue weighted by Gasteiger charge is 2.20. The molecule has 0 spiro atoms. The van der Waals surface area contributed by atoms with Gasteiger partial charge in [-0.3, -0.25) is 4.40 Å². The Morgan fingerprint density at radius 2 is 1.61 bits per heavy atom. The number of halogens is 4. The van der Waals surface area contributed by atoms with Gasteiger partial charge in [-0.2, -0.15) is 0 Å². The fraction of sp³-hybridized carbons (Fsp3) is 0. The van der Waals surface area contributed by atoms with Crippen LogP contribution in [0.5, 0.6) is 0 Å². The van der Waals surface area contributed by atoms with E-state index in [-0.39, 0.29) is 0 Å². The van der Waals surface area contributed by atoms with E-state index in [4.69, 9.17) is 0 Å². The summed E-state index contributed by atoms with van der Waals surface area (Å²) in [6.45, 7) is 0. The molecular weight excluding hydrogens is 247 g/mol. The van der Waals surface area contributed by atoms with Crippen LogP contribution in [-0.4, -0.2) is 16.6 Å². The molecule has 0 saturated carbocycles. The number of nitrogens with zero attached hydrogens (tertiary/aromatic N) is 2. The first-order chi connectivity index (χ1) is 8.45. The van der Waals surface area contributed by atoms with Gasteiger partial charge in [-0.05, 0) is 17.5 Å². The molecule has 94 valence electrons. The van der Waals surface area contributed by atoms with Gasteiger partial charge in [0, 0.05) is 0 Å². The topological polar surface area (TPSA) is 17.3 Å². The van der Waals surface area contributed by atoms with Gasteiger partial charge < -0.3 is 17.3 Å². The first-order valence-electron chi connectivity index (χ1n) is 5.12. The van der Waals surface area contributed by atoms with E-state index in [9.17, 15) is 17.3 Å². The molecule has 0 unspecified atom stereocenters. The first kappa shape index (κ1) is 12.4. The monoisotopic (exact) mass is 255 g/mol. The second-order valence-corrected chi connectivity index (χ2v) is 3.58. The van der Waals surface area contributed by atoms with Crippen molar-refractivity contribution in [2.24, 2.45) is 0 Å². The third-order valence-corrected chi connectivity index (χ3v) is 2.30. The van der Waals surface area contributed by atoms with Crippen molar-refractivity contribution in [3.05, 3.63) is 48.9 Å². The highest BCUT2D eigenvalue weighted by molar-refractivity contribution is 6.50. The Morgan fingerprint density at radius 1 is 0.944 bits per heavy atom. The molecule has 0 atom stereocenters. The SMILES string of the molecule is F[B-](F)(F)F.c1ccc2c(c1)ccc1cncn12. The number of imidazole rings is 1. The Morgan fingerprint density at radius 3 is 2.33 bits per heavy atom. The third kappa shape index (κ3) is 3.00. The molecule has 18 heavy (non-hydrogen) atoms. The van der Waals surface area contributed by atoms with E-state index in [0.717, 1.165) is 5.52 Å². The van der Waals surface area contributed by atoms with Crippen LogP contribution in [-0.2, 0) is 0 Å². The Bertz CT molecular complexity index is 656. The Labute approximate surface area is 100.0 Å². The minimum absolute atomic E-state index is 1.14. The van der Waals surface area contributed by atoms with Gasteiger partial charge in [0.1, 0.15) is 0 Å². The van der Waals surface area contributed by atoms with E-state index in [1.165, 1.54) is 10.9 Å². The summed E-state index contributed by atoms with van der Waals surface area (Å²) in [6, 6.07) is 12.5. The molecule has 3 aromatic rings. The molecule has 0 N–H and O–H groups in total. The minimum atomic E-state index is -6.00. The Kier molecular flexibility index (Phi) is 3.22. The summed E-state index contributed by atoms with van der Waals surface area (Å²) in [5, 5.41) is 1.24. The quantitative estimate of drug-likeness (QED) is 0.441. The molecule has 0 amide bonds. The Hall–Kier alpha value is -2.05. The summed E-state index contributed by atoms with van der Waals surface area (Å²) in [7, 11) is -6.00. The molecular formula is C11H8BF4N2-. The number of hydrogen-bond acceptors (Lipinski definition) is 1. The van der Waals surface area contributed by atoms with Crippen molar-refractivity contribution in [1.82, 2.24) is 9.38 Å². The van der Waals surface area contributed by atoms with Crippen LogP contribution >= 0.6 is 0 Å². The number of pyridine rings is 1. The van der Waals surface area contributed by atoms with Gasteiger partial charge in [-0.25, -0.2) is 4.98 Å².